The molecule has 0 aliphatic heterocycles. The van der Waals surface area contributed by atoms with Gasteiger partial charge in [0.15, 0.2) is 0 Å². The fourth-order valence-corrected chi connectivity index (χ4v) is 2.12. The molecule has 2 atom stereocenters. The number of nitrogens with two attached hydrogens (primary N) is 1. The van der Waals surface area contributed by atoms with Crippen LogP contribution in [-0.4, -0.2) is 34.3 Å². The number of hydrogen-bond donors (Lipinski definition) is 2. The summed E-state index contributed by atoms with van der Waals surface area (Å²) in [7, 11) is 0. The molecule has 0 bridgehead atoms. The van der Waals surface area contributed by atoms with Crippen LogP contribution in [0, 0.1) is 13.8 Å². The van der Waals surface area contributed by atoms with Crippen LogP contribution in [0.4, 0.5) is 16.3 Å². The van der Waals surface area contributed by atoms with Gasteiger partial charge in [0.25, 0.3) is 0 Å². The Balaban J connectivity index is 2.00. The molecule has 7 heteroatoms. The van der Waals surface area contributed by atoms with Crippen molar-refractivity contribution in [1.29, 1.82) is 0 Å². The Kier molecular flexibility index (Phi) is 5.89. The summed E-state index contributed by atoms with van der Waals surface area (Å²) in [6.07, 6.45) is 0. The van der Waals surface area contributed by atoms with Gasteiger partial charge in [-0.05, 0) is 38.0 Å². The van der Waals surface area contributed by atoms with E-state index in [1.54, 1.807) is 6.92 Å². The van der Waals surface area contributed by atoms with Crippen LogP contribution < -0.4 is 15.8 Å². The normalized spacial score (nSPS) is 13.4. The lowest BCUT2D eigenvalue weighted by atomic mass is 10.1. The van der Waals surface area contributed by atoms with Crippen molar-refractivity contribution in [2.24, 2.45) is 0 Å². The van der Waals surface area contributed by atoms with Crippen molar-refractivity contribution in [3.63, 3.8) is 0 Å². The van der Waals surface area contributed by atoms with Gasteiger partial charge >= 0.3 is 0 Å². The molecule has 0 spiro atoms. The maximum absolute atomic E-state index is 12.8. The van der Waals surface area contributed by atoms with Crippen LogP contribution in [0.5, 0.6) is 5.75 Å². The number of halogens is 1. The first kappa shape index (κ1) is 17.9. The molecule has 0 saturated carbocycles. The van der Waals surface area contributed by atoms with E-state index in [-0.39, 0.29) is 12.0 Å². The van der Waals surface area contributed by atoms with Crippen molar-refractivity contribution in [2.75, 3.05) is 24.3 Å². The number of anilines is 2. The van der Waals surface area contributed by atoms with E-state index in [0.717, 1.165) is 11.3 Å². The average molecular weight is 333 g/mol. The number of nitrogens with one attached hydrogen (secondary N) is 1. The Morgan fingerprint density at radius 3 is 2.67 bits per heavy atom. The molecule has 2 rings (SSSR count). The van der Waals surface area contributed by atoms with Gasteiger partial charge in [0.05, 0.1) is 12.7 Å². The Morgan fingerprint density at radius 2 is 1.96 bits per heavy atom. The van der Waals surface area contributed by atoms with Crippen LogP contribution in [0.1, 0.15) is 36.7 Å². The van der Waals surface area contributed by atoms with Crippen LogP contribution in [0.25, 0.3) is 0 Å². The van der Waals surface area contributed by atoms with Crippen LogP contribution in [0.2, 0.25) is 0 Å². The van der Waals surface area contributed by atoms with E-state index < -0.39 is 12.6 Å². The Hall–Kier alpha value is -2.44. The summed E-state index contributed by atoms with van der Waals surface area (Å²) in [5.74, 6) is 1.18. The SMILES string of the molecule is Cc1cccc(OCC(C)Nc2nc(N)nc(C(C)CF)n2)c1C. The number of nitrogens with zero attached hydrogens (tertiary/aromatic N) is 3. The molecule has 2 unspecified atom stereocenters. The Bertz CT molecular complexity index is 695. The van der Waals surface area contributed by atoms with Gasteiger partial charge < -0.3 is 15.8 Å². The molecule has 0 radical (unpaired) electrons. The fourth-order valence-electron chi connectivity index (χ4n) is 2.12. The molecule has 0 saturated heterocycles. The van der Waals surface area contributed by atoms with E-state index in [2.05, 4.69) is 20.3 Å². The first-order valence-corrected chi connectivity index (χ1v) is 7.93. The summed E-state index contributed by atoms with van der Waals surface area (Å²) in [6, 6.07) is 5.90. The van der Waals surface area contributed by atoms with Gasteiger partial charge in [0, 0.05) is 5.92 Å². The minimum absolute atomic E-state index is 0.0553. The molecular formula is C17H24FN5O. The molecule has 2 aromatic rings. The Labute approximate surface area is 141 Å². The number of benzene rings is 1. The highest BCUT2D eigenvalue weighted by atomic mass is 19.1. The quantitative estimate of drug-likeness (QED) is 0.810. The second-order valence-electron chi connectivity index (χ2n) is 5.99. The van der Waals surface area contributed by atoms with Crippen molar-refractivity contribution in [3.8, 4) is 5.75 Å². The fraction of sp³-hybridized carbons (Fsp3) is 0.471. The first-order valence-electron chi connectivity index (χ1n) is 7.93. The molecule has 1 aromatic carbocycles. The van der Waals surface area contributed by atoms with E-state index in [9.17, 15) is 4.39 Å². The molecule has 1 aromatic heterocycles. The zero-order chi connectivity index (χ0) is 17.7. The molecule has 1 heterocycles. The largest absolute Gasteiger partial charge is 0.491 e. The van der Waals surface area contributed by atoms with Crippen molar-refractivity contribution in [3.05, 3.63) is 35.2 Å². The minimum atomic E-state index is -0.547. The predicted octanol–water partition coefficient (Wildman–Crippen LogP) is 3.02. The van der Waals surface area contributed by atoms with Gasteiger partial charge in [-0.25, -0.2) is 0 Å². The zero-order valence-corrected chi connectivity index (χ0v) is 14.5. The molecule has 0 aliphatic rings. The third kappa shape index (κ3) is 4.53. The number of rotatable bonds is 7. The summed E-state index contributed by atoms with van der Waals surface area (Å²) in [5, 5.41) is 3.12. The van der Waals surface area contributed by atoms with E-state index >= 15 is 0 Å². The molecule has 3 N–H and O–H groups in total. The van der Waals surface area contributed by atoms with E-state index in [1.165, 1.54) is 5.56 Å². The summed E-state index contributed by atoms with van der Waals surface area (Å²) in [5.41, 5.74) is 7.98. The first-order chi connectivity index (χ1) is 11.4. The molecule has 0 aliphatic carbocycles. The summed E-state index contributed by atoms with van der Waals surface area (Å²) in [4.78, 5) is 12.2. The molecule has 6 nitrogen and oxygen atoms in total. The standard InChI is InChI=1S/C17H24FN5O/c1-10-6-5-7-14(13(10)4)24-9-12(3)20-17-22-15(11(2)8-18)21-16(19)23-17/h5-7,11-12H,8-9H2,1-4H3,(H3,19,20,21,22,23). The number of ether oxygens (including phenoxy) is 1. The lowest BCUT2D eigenvalue weighted by Gasteiger charge is -2.17. The molecular weight excluding hydrogens is 309 g/mol. The van der Waals surface area contributed by atoms with E-state index in [4.69, 9.17) is 10.5 Å². The average Bonchev–Trinajstić information content (AvgIpc) is 2.55. The van der Waals surface area contributed by atoms with E-state index in [1.807, 2.05) is 39.0 Å². The van der Waals surface area contributed by atoms with E-state index in [0.29, 0.717) is 18.4 Å². The summed E-state index contributed by atoms with van der Waals surface area (Å²) >= 11 is 0. The number of aromatic nitrogens is 3. The summed E-state index contributed by atoms with van der Waals surface area (Å²) < 4.78 is 18.7. The zero-order valence-electron chi connectivity index (χ0n) is 14.5. The minimum Gasteiger partial charge on any atom is -0.491 e. The molecule has 24 heavy (non-hydrogen) atoms. The van der Waals surface area contributed by atoms with Crippen LogP contribution in [-0.2, 0) is 0 Å². The number of nitrogen functional groups attached to an aromatic ring is 1. The molecule has 0 fully saturated rings. The maximum atomic E-state index is 12.8. The van der Waals surface area contributed by atoms with Crippen LogP contribution >= 0.6 is 0 Å². The monoisotopic (exact) mass is 333 g/mol. The second-order valence-corrected chi connectivity index (χ2v) is 5.99. The maximum Gasteiger partial charge on any atom is 0.228 e. The van der Waals surface area contributed by atoms with Gasteiger partial charge in [0.1, 0.15) is 18.2 Å². The lowest BCUT2D eigenvalue weighted by Crippen LogP contribution is -2.25. The third-order valence-corrected chi connectivity index (χ3v) is 3.76. The van der Waals surface area contributed by atoms with Crippen LogP contribution in [0.3, 0.4) is 0 Å². The van der Waals surface area contributed by atoms with Crippen molar-refractivity contribution in [2.45, 2.75) is 39.7 Å². The summed E-state index contributed by atoms with van der Waals surface area (Å²) in [6.45, 7) is 7.61. The van der Waals surface area contributed by atoms with Gasteiger partial charge in [-0.2, -0.15) is 15.0 Å². The second kappa shape index (κ2) is 7.90. The lowest BCUT2D eigenvalue weighted by molar-refractivity contribution is 0.301. The Morgan fingerprint density at radius 1 is 1.21 bits per heavy atom. The van der Waals surface area contributed by atoms with Crippen molar-refractivity contribution in [1.82, 2.24) is 15.0 Å². The van der Waals surface area contributed by atoms with Gasteiger partial charge in [-0.15, -0.1) is 0 Å². The predicted molar refractivity (Wildman–Crippen MR) is 93.1 cm³/mol. The topological polar surface area (TPSA) is 86.0 Å². The van der Waals surface area contributed by atoms with Crippen molar-refractivity contribution < 1.29 is 9.13 Å². The third-order valence-electron chi connectivity index (χ3n) is 3.76. The smallest absolute Gasteiger partial charge is 0.228 e. The van der Waals surface area contributed by atoms with Gasteiger partial charge in [-0.3, -0.25) is 4.39 Å². The number of aryl methyl sites for hydroxylation is 1. The van der Waals surface area contributed by atoms with Gasteiger partial charge in [0.2, 0.25) is 11.9 Å². The highest BCUT2D eigenvalue weighted by molar-refractivity contribution is 5.38. The highest BCUT2D eigenvalue weighted by Gasteiger charge is 2.13. The molecule has 130 valence electrons. The number of alkyl halides is 1. The van der Waals surface area contributed by atoms with Crippen LogP contribution in [0.15, 0.2) is 18.2 Å². The van der Waals surface area contributed by atoms with Crippen molar-refractivity contribution >= 4 is 11.9 Å². The number of hydrogen-bond acceptors (Lipinski definition) is 6. The highest BCUT2D eigenvalue weighted by Crippen LogP contribution is 2.21. The van der Waals surface area contributed by atoms with Gasteiger partial charge in [-0.1, -0.05) is 19.1 Å². The molecule has 0 amide bonds.